The lowest BCUT2D eigenvalue weighted by Gasteiger charge is -2.18. The third kappa shape index (κ3) is 3.89. The number of nitrogens with one attached hydrogen (secondary N) is 1. The maximum absolute atomic E-state index is 4.96. The molecule has 0 atom stereocenters. The quantitative estimate of drug-likeness (QED) is 0.872. The largest absolute Gasteiger partial charge is 0.347 e. The van der Waals surface area contributed by atoms with Crippen molar-refractivity contribution in [2.75, 3.05) is 29.5 Å². The molecule has 0 spiro atoms. The molecule has 5 heteroatoms. The lowest BCUT2D eigenvalue weighted by atomic mass is 10.2. The first-order chi connectivity index (χ1) is 9.86. The summed E-state index contributed by atoms with van der Waals surface area (Å²) in [5, 5.41) is 4.92. The summed E-state index contributed by atoms with van der Waals surface area (Å²) in [6.07, 6.45) is 6.33. The number of hydrogen-bond acceptors (Lipinski definition) is 5. The summed E-state index contributed by atoms with van der Waals surface area (Å²) >= 11 is 4.01. The van der Waals surface area contributed by atoms with Gasteiger partial charge in [-0.3, -0.25) is 0 Å². The summed E-state index contributed by atoms with van der Waals surface area (Å²) in [6.45, 7) is 5.63. The van der Waals surface area contributed by atoms with Crippen molar-refractivity contribution in [3.05, 3.63) is 10.6 Å². The van der Waals surface area contributed by atoms with Gasteiger partial charge in [-0.1, -0.05) is 13.3 Å². The Kier molecular flexibility index (Phi) is 5.24. The van der Waals surface area contributed by atoms with Crippen LogP contribution in [0.2, 0.25) is 0 Å². The molecular formula is C15H25N3S2. The molecule has 112 valence electrons. The van der Waals surface area contributed by atoms with Crippen LogP contribution in [0, 0.1) is 0 Å². The summed E-state index contributed by atoms with van der Waals surface area (Å²) in [5.41, 5.74) is 1.34. The number of aryl methyl sites for hydroxylation is 1. The molecule has 1 saturated carbocycles. The number of hydrogen-bond donors (Lipinski definition) is 1. The molecule has 3 rings (SSSR count). The van der Waals surface area contributed by atoms with Crippen molar-refractivity contribution in [1.29, 1.82) is 0 Å². The van der Waals surface area contributed by atoms with Gasteiger partial charge in [-0.2, -0.15) is 11.8 Å². The van der Waals surface area contributed by atoms with Crippen molar-refractivity contribution in [2.45, 2.75) is 51.6 Å². The Labute approximate surface area is 130 Å². The third-order valence-electron chi connectivity index (χ3n) is 3.88. The van der Waals surface area contributed by atoms with E-state index in [1.807, 2.05) is 11.3 Å². The molecule has 3 nitrogen and oxygen atoms in total. The average molecular weight is 312 g/mol. The molecule has 2 aliphatic rings. The number of thioether (sulfide) groups is 1. The van der Waals surface area contributed by atoms with Gasteiger partial charge in [-0.15, -0.1) is 11.3 Å². The molecule has 0 aromatic carbocycles. The fraction of sp³-hybridized carbons (Fsp3) is 0.800. The molecule has 0 amide bonds. The monoisotopic (exact) mass is 311 g/mol. The van der Waals surface area contributed by atoms with Gasteiger partial charge < -0.3 is 10.2 Å². The second-order valence-corrected chi connectivity index (χ2v) is 8.01. The molecule has 1 aromatic rings. The molecule has 0 unspecified atom stereocenters. The van der Waals surface area contributed by atoms with E-state index in [4.69, 9.17) is 4.98 Å². The molecule has 1 aliphatic heterocycles. The van der Waals surface area contributed by atoms with Gasteiger partial charge in [0, 0.05) is 36.3 Å². The molecular weight excluding hydrogens is 286 g/mol. The average Bonchev–Trinajstić information content (AvgIpc) is 3.24. The van der Waals surface area contributed by atoms with Gasteiger partial charge >= 0.3 is 0 Å². The molecule has 1 aliphatic carbocycles. The SMILES string of the molecule is CCCc1nc(N2CCCSCC2)sc1CNC1CC1. The maximum Gasteiger partial charge on any atom is 0.185 e. The Morgan fingerprint density at radius 1 is 1.30 bits per heavy atom. The maximum atomic E-state index is 4.96. The Hall–Kier alpha value is -0.260. The standard InChI is InChI=1S/C15H25N3S2/c1-2-4-13-14(11-16-12-5-6-12)20-15(17-13)18-7-3-9-19-10-8-18/h12,16H,2-11H2,1H3. The van der Waals surface area contributed by atoms with Crippen LogP contribution in [0.15, 0.2) is 0 Å². The fourth-order valence-corrected chi connectivity index (χ4v) is 4.53. The summed E-state index contributed by atoms with van der Waals surface area (Å²) in [4.78, 5) is 8.94. The topological polar surface area (TPSA) is 28.2 Å². The van der Waals surface area contributed by atoms with E-state index in [0.717, 1.165) is 19.0 Å². The first-order valence-electron chi connectivity index (χ1n) is 7.91. The molecule has 1 saturated heterocycles. The molecule has 0 radical (unpaired) electrons. The minimum absolute atomic E-state index is 0.782. The minimum atomic E-state index is 0.782. The third-order valence-corrected chi connectivity index (χ3v) is 6.08. The second kappa shape index (κ2) is 7.14. The number of nitrogens with zero attached hydrogens (tertiary/aromatic N) is 2. The van der Waals surface area contributed by atoms with E-state index in [9.17, 15) is 0 Å². The summed E-state index contributed by atoms with van der Waals surface area (Å²) in [5.74, 6) is 2.55. The number of anilines is 1. The van der Waals surface area contributed by atoms with E-state index in [1.165, 1.54) is 66.0 Å². The van der Waals surface area contributed by atoms with Crippen molar-refractivity contribution < 1.29 is 0 Å². The van der Waals surface area contributed by atoms with Crippen LogP contribution in [-0.4, -0.2) is 35.6 Å². The Morgan fingerprint density at radius 3 is 3.00 bits per heavy atom. The smallest absolute Gasteiger partial charge is 0.185 e. The van der Waals surface area contributed by atoms with Crippen LogP contribution in [0.4, 0.5) is 5.13 Å². The highest BCUT2D eigenvalue weighted by Gasteiger charge is 2.22. The number of thiazole rings is 1. The molecule has 1 N–H and O–H groups in total. The van der Waals surface area contributed by atoms with E-state index in [1.54, 1.807) is 0 Å². The highest BCUT2D eigenvalue weighted by molar-refractivity contribution is 7.99. The van der Waals surface area contributed by atoms with Gasteiger partial charge in [0.05, 0.1) is 5.69 Å². The Morgan fingerprint density at radius 2 is 2.20 bits per heavy atom. The Bertz CT molecular complexity index is 421. The van der Waals surface area contributed by atoms with Crippen LogP contribution >= 0.6 is 23.1 Å². The Balaban J connectivity index is 1.70. The predicted molar refractivity (Wildman–Crippen MR) is 90.1 cm³/mol. The van der Waals surface area contributed by atoms with Crippen molar-refractivity contribution in [2.24, 2.45) is 0 Å². The van der Waals surface area contributed by atoms with E-state index >= 15 is 0 Å². The molecule has 20 heavy (non-hydrogen) atoms. The highest BCUT2D eigenvalue weighted by atomic mass is 32.2. The van der Waals surface area contributed by atoms with Crippen LogP contribution in [0.25, 0.3) is 0 Å². The van der Waals surface area contributed by atoms with Crippen molar-refractivity contribution in [3.8, 4) is 0 Å². The van der Waals surface area contributed by atoms with Gasteiger partial charge in [-0.05, 0) is 31.4 Å². The minimum Gasteiger partial charge on any atom is -0.347 e. The van der Waals surface area contributed by atoms with Gasteiger partial charge in [0.15, 0.2) is 5.13 Å². The van der Waals surface area contributed by atoms with Gasteiger partial charge in [0.1, 0.15) is 0 Å². The summed E-state index contributed by atoms with van der Waals surface area (Å²) in [6, 6.07) is 0.782. The summed E-state index contributed by atoms with van der Waals surface area (Å²) < 4.78 is 0. The van der Waals surface area contributed by atoms with E-state index in [-0.39, 0.29) is 0 Å². The lowest BCUT2D eigenvalue weighted by Crippen LogP contribution is -2.25. The normalized spacial score (nSPS) is 20.1. The van der Waals surface area contributed by atoms with Crippen molar-refractivity contribution in [3.63, 3.8) is 0 Å². The second-order valence-electron chi connectivity index (χ2n) is 5.72. The van der Waals surface area contributed by atoms with Gasteiger partial charge in [0.2, 0.25) is 0 Å². The number of rotatable bonds is 6. The fourth-order valence-electron chi connectivity index (χ4n) is 2.54. The molecule has 2 fully saturated rings. The van der Waals surface area contributed by atoms with Crippen LogP contribution < -0.4 is 10.2 Å². The first-order valence-corrected chi connectivity index (χ1v) is 9.88. The van der Waals surface area contributed by atoms with Crippen LogP contribution in [-0.2, 0) is 13.0 Å². The van der Waals surface area contributed by atoms with E-state index in [0.29, 0.717) is 0 Å². The van der Waals surface area contributed by atoms with Crippen LogP contribution in [0.1, 0.15) is 43.2 Å². The van der Waals surface area contributed by atoms with E-state index in [2.05, 4.69) is 28.9 Å². The van der Waals surface area contributed by atoms with Crippen LogP contribution in [0.5, 0.6) is 0 Å². The zero-order valence-electron chi connectivity index (χ0n) is 12.4. The van der Waals surface area contributed by atoms with Gasteiger partial charge in [-0.25, -0.2) is 4.98 Å². The van der Waals surface area contributed by atoms with Crippen LogP contribution in [0.3, 0.4) is 0 Å². The molecule has 1 aromatic heterocycles. The predicted octanol–water partition coefficient (Wildman–Crippen LogP) is 3.29. The zero-order chi connectivity index (χ0) is 13.8. The van der Waals surface area contributed by atoms with E-state index < -0.39 is 0 Å². The summed E-state index contributed by atoms with van der Waals surface area (Å²) in [7, 11) is 0. The van der Waals surface area contributed by atoms with Crippen molar-refractivity contribution in [1.82, 2.24) is 10.3 Å². The van der Waals surface area contributed by atoms with Crippen molar-refractivity contribution >= 4 is 28.2 Å². The zero-order valence-corrected chi connectivity index (χ0v) is 14.0. The van der Waals surface area contributed by atoms with Gasteiger partial charge in [0.25, 0.3) is 0 Å². The first kappa shape index (κ1) is 14.7. The number of aromatic nitrogens is 1. The highest BCUT2D eigenvalue weighted by Crippen LogP contribution is 2.30. The lowest BCUT2D eigenvalue weighted by molar-refractivity contribution is 0.686. The molecule has 0 bridgehead atoms. The molecule has 2 heterocycles.